The molecule has 0 aromatic rings. The number of aliphatic carboxylic acids is 1. The van der Waals surface area contributed by atoms with Gasteiger partial charge in [-0.3, -0.25) is 9.59 Å². The molecule has 0 atom stereocenters. The van der Waals surface area contributed by atoms with E-state index in [4.69, 9.17) is 9.84 Å². The molecule has 0 unspecified atom stereocenters. The van der Waals surface area contributed by atoms with Crippen LogP contribution in [-0.2, 0) is 14.3 Å². The topological polar surface area (TPSA) is 63.6 Å². The van der Waals surface area contributed by atoms with Crippen molar-refractivity contribution < 1.29 is 19.4 Å². The summed E-state index contributed by atoms with van der Waals surface area (Å²) in [6.07, 6.45) is 14.9. The van der Waals surface area contributed by atoms with Gasteiger partial charge in [0.1, 0.15) is 6.61 Å². The fourth-order valence-electron chi connectivity index (χ4n) is 2.55. The van der Waals surface area contributed by atoms with Crippen LogP contribution in [0.4, 0.5) is 0 Å². The summed E-state index contributed by atoms with van der Waals surface area (Å²) in [6, 6.07) is 0. The van der Waals surface area contributed by atoms with Gasteiger partial charge in [-0.15, -0.1) is 0 Å². The molecule has 0 bridgehead atoms. The Bertz CT molecular complexity index is 602. The fourth-order valence-corrected chi connectivity index (χ4v) is 2.55. The first-order chi connectivity index (χ1) is 13.2. The van der Waals surface area contributed by atoms with Crippen molar-refractivity contribution in [2.24, 2.45) is 0 Å². The molecule has 0 aliphatic rings. The lowest BCUT2D eigenvalue weighted by Gasteiger charge is -2.04. The molecule has 28 heavy (non-hydrogen) atoms. The van der Waals surface area contributed by atoms with E-state index in [1.807, 2.05) is 13.0 Å². The minimum absolute atomic E-state index is 0.0764. The standard InChI is InChI=1S/C24H38O4/c1-19(2)9-6-10-20(3)11-7-12-21(4)13-8-14-22(5)17-18-28-24(27)16-15-23(25)26/h9,11,13,17H,6-8,10,12,14-16,18H2,1-5H3,(H,25,26)/b20-11+,21-13+,22-17+. The number of carboxylic acid groups (broad SMARTS) is 1. The summed E-state index contributed by atoms with van der Waals surface area (Å²) in [7, 11) is 0. The van der Waals surface area contributed by atoms with Crippen molar-refractivity contribution in [2.75, 3.05) is 6.61 Å². The maximum absolute atomic E-state index is 11.3. The fraction of sp³-hybridized carbons (Fsp3) is 0.583. The highest BCUT2D eigenvalue weighted by Crippen LogP contribution is 2.13. The van der Waals surface area contributed by atoms with Crippen LogP contribution in [-0.4, -0.2) is 23.7 Å². The van der Waals surface area contributed by atoms with E-state index in [2.05, 4.69) is 45.9 Å². The Morgan fingerprint density at radius 3 is 1.61 bits per heavy atom. The molecule has 0 saturated carbocycles. The third-order valence-electron chi connectivity index (χ3n) is 4.37. The Kier molecular flexibility index (Phi) is 14.7. The number of carbonyl (C=O) groups excluding carboxylic acids is 1. The molecule has 0 aromatic heterocycles. The second kappa shape index (κ2) is 15.9. The molecule has 0 spiro atoms. The first kappa shape index (κ1) is 25.9. The summed E-state index contributed by atoms with van der Waals surface area (Å²) >= 11 is 0. The van der Waals surface area contributed by atoms with Crippen LogP contribution in [0.1, 0.15) is 86.0 Å². The molecular formula is C24H38O4. The second-order valence-corrected chi connectivity index (χ2v) is 7.63. The number of hydrogen-bond acceptors (Lipinski definition) is 3. The highest BCUT2D eigenvalue weighted by atomic mass is 16.5. The Morgan fingerprint density at radius 1 is 0.679 bits per heavy atom. The highest BCUT2D eigenvalue weighted by molar-refractivity contribution is 5.76. The van der Waals surface area contributed by atoms with Crippen molar-refractivity contribution in [3.05, 3.63) is 46.6 Å². The van der Waals surface area contributed by atoms with Crippen LogP contribution >= 0.6 is 0 Å². The van der Waals surface area contributed by atoms with Crippen LogP contribution < -0.4 is 0 Å². The Balaban J connectivity index is 4.01. The van der Waals surface area contributed by atoms with Gasteiger partial charge >= 0.3 is 11.9 Å². The van der Waals surface area contributed by atoms with Crippen molar-refractivity contribution in [3.63, 3.8) is 0 Å². The van der Waals surface area contributed by atoms with Gasteiger partial charge in [-0.25, -0.2) is 0 Å². The molecule has 0 aromatic carbocycles. The number of carbonyl (C=O) groups is 2. The van der Waals surface area contributed by atoms with Gasteiger partial charge in [-0.2, -0.15) is 0 Å². The van der Waals surface area contributed by atoms with E-state index >= 15 is 0 Å². The van der Waals surface area contributed by atoms with E-state index in [-0.39, 0.29) is 19.4 Å². The van der Waals surface area contributed by atoms with E-state index in [1.54, 1.807) is 0 Å². The van der Waals surface area contributed by atoms with Gasteiger partial charge in [0.15, 0.2) is 0 Å². The van der Waals surface area contributed by atoms with E-state index in [0.29, 0.717) is 0 Å². The minimum Gasteiger partial charge on any atom is -0.481 e. The maximum Gasteiger partial charge on any atom is 0.306 e. The lowest BCUT2D eigenvalue weighted by atomic mass is 10.0. The highest BCUT2D eigenvalue weighted by Gasteiger charge is 2.05. The second-order valence-electron chi connectivity index (χ2n) is 7.63. The summed E-state index contributed by atoms with van der Waals surface area (Å²) in [5, 5.41) is 8.52. The number of esters is 1. The molecule has 158 valence electrons. The summed E-state index contributed by atoms with van der Waals surface area (Å²) in [4.78, 5) is 21.7. The largest absolute Gasteiger partial charge is 0.481 e. The molecule has 0 saturated heterocycles. The smallest absolute Gasteiger partial charge is 0.306 e. The van der Waals surface area contributed by atoms with E-state index < -0.39 is 11.9 Å². The molecule has 0 radical (unpaired) electrons. The van der Waals surface area contributed by atoms with E-state index in [1.165, 1.54) is 22.3 Å². The zero-order valence-electron chi connectivity index (χ0n) is 18.3. The summed E-state index contributed by atoms with van der Waals surface area (Å²) in [5.74, 6) is -1.45. The maximum atomic E-state index is 11.3. The SMILES string of the molecule is CC(C)=CCC/C(C)=C/CC/C(C)=C/CC/C(C)=C/COC(=O)CCC(=O)O. The van der Waals surface area contributed by atoms with Crippen molar-refractivity contribution in [2.45, 2.75) is 86.0 Å². The van der Waals surface area contributed by atoms with Crippen molar-refractivity contribution in [3.8, 4) is 0 Å². The molecule has 4 heteroatoms. The Labute approximate surface area is 171 Å². The molecule has 0 heterocycles. The third-order valence-corrected chi connectivity index (χ3v) is 4.37. The van der Waals surface area contributed by atoms with E-state index in [9.17, 15) is 9.59 Å². The average Bonchev–Trinajstić information content (AvgIpc) is 2.59. The number of rotatable bonds is 14. The number of carboxylic acids is 1. The lowest BCUT2D eigenvalue weighted by molar-refractivity contribution is -0.146. The first-order valence-corrected chi connectivity index (χ1v) is 10.2. The predicted octanol–water partition coefficient (Wildman–Crippen LogP) is 6.54. The number of ether oxygens (including phenoxy) is 1. The van der Waals surface area contributed by atoms with Crippen molar-refractivity contribution in [1.29, 1.82) is 0 Å². The van der Waals surface area contributed by atoms with Crippen molar-refractivity contribution >= 4 is 11.9 Å². The average molecular weight is 391 g/mol. The molecule has 0 aliphatic heterocycles. The van der Waals surface area contributed by atoms with Crippen LogP contribution in [0.15, 0.2) is 46.6 Å². The summed E-state index contributed by atoms with van der Waals surface area (Å²) < 4.78 is 5.00. The quantitative estimate of drug-likeness (QED) is 0.270. The molecule has 0 aliphatic carbocycles. The minimum atomic E-state index is -0.986. The van der Waals surface area contributed by atoms with Gasteiger partial charge in [-0.1, -0.05) is 40.5 Å². The van der Waals surface area contributed by atoms with Gasteiger partial charge in [0.25, 0.3) is 0 Å². The van der Waals surface area contributed by atoms with Gasteiger partial charge in [0.05, 0.1) is 12.8 Å². The monoisotopic (exact) mass is 390 g/mol. The van der Waals surface area contributed by atoms with Crippen LogP contribution in [0, 0.1) is 0 Å². The zero-order chi connectivity index (χ0) is 21.4. The molecule has 0 amide bonds. The molecule has 4 nitrogen and oxygen atoms in total. The Morgan fingerprint density at radius 2 is 1.14 bits per heavy atom. The summed E-state index contributed by atoms with van der Waals surface area (Å²) in [6.45, 7) is 10.9. The summed E-state index contributed by atoms with van der Waals surface area (Å²) in [5.41, 5.74) is 5.42. The van der Waals surface area contributed by atoms with Gasteiger partial charge in [0.2, 0.25) is 0 Å². The van der Waals surface area contributed by atoms with Gasteiger partial charge in [-0.05, 0) is 79.2 Å². The number of allylic oxidation sites excluding steroid dienone is 7. The van der Waals surface area contributed by atoms with Crippen LogP contribution in [0.2, 0.25) is 0 Å². The third kappa shape index (κ3) is 17.3. The lowest BCUT2D eigenvalue weighted by Crippen LogP contribution is -2.07. The van der Waals surface area contributed by atoms with Gasteiger partial charge in [0, 0.05) is 0 Å². The van der Waals surface area contributed by atoms with Crippen LogP contribution in [0.3, 0.4) is 0 Å². The van der Waals surface area contributed by atoms with E-state index in [0.717, 1.165) is 38.5 Å². The predicted molar refractivity (Wildman–Crippen MR) is 116 cm³/mol. The Hall–Kier alpha value is -2.10. The number of hydrogen-bond donors (Lipinski definition) is 1. The van der Waals surface area contributed by atoms with Crippen LogP contribution in [0.25, 0.3) is 0 Å². The normalized spacial score (nSPS) is 12.7. The molecule has 1 N–H and O–H groups in total. The molecular weight excluding hydrogens is 352 g/mol. The molecule has 0 rings (SSSR count). The van der Waals surface area contributed by atoms with Crippen molar-refractivity contribution in [1.82, 2.24) is 0 Å². The van der Waals surface area contributed by atoms with Gasteiger partial charge < -0.3 is 9.84 Å². The first-order valence-electron chi connectivity index (χ1n) is 10.2. The van der Waals surface area contributed by atoms with Crippen LogP contribution in [0.5, 0.6) is 0 Å². The zero-order valence-corrected chi connectivity index (χ0v) is 18.3. The molecule has 0 fully saturated rings.